The highest BCUT2D eigenvalue weighted by Gasteiger charge is 2.15. The molecule has 0 bridgehead atoms. The van der Waals surface area contributed by atoms with Crippen LogP contribution < -0.4 is 10.2 Å². The van der Waals surface area contributed by atoms with Gasteiger partial charge in [0.1, 0.15) is 0 Å². The highest BCUT2D eigenvalue weighted by atomic mass is 16.5. The molecule has 114 valence electrons. The van der Waals surface area contributed by atoms with E-state index in [9.17, 15) is 4.79 Å². The van der Waals surface area contributed by atoms with E-state index in [-0.39, 0.29) is 5.91 Å². The van der Waals surface area contributed by atoms with Crippen molar-refractivity contribution < 1.29 is 9.53 Å². The van der Waals surface area contributed by atoms with Crippen LogP contribution in [0.1, 0.15) is 15.9 Å². The van der Waals surface area contributed by atoms with Gasteiger partial charge in [0.2, 0.25) is 0 Å². The van der Waals surface area contributed by atoms with Gasteiger partial charge in [-0.25, -0.2) is 0 Å². The van der Waals surface area contributed by atoms with Crippen molar-refractivity contribution in [1.29, 1.82) is 0 Å². The van der Waals surface area contributed by atoms with E-state index in [1.165, 1.54) is 12.4 Å². The number of anilines is 1. The molecule has 0 radical (unpaired) electrons. The van der Waals surface area contributed by atoms with E-state index in [4.69, 9.17) is 4.74 Å². The lowest BCUT2D eigenvalue weighted by atomic mass is 10.1. The first-order valence-corrected chi connectivity index (χ1v) is 7.30. The fourth-order valence-corrected chi connectivity index (χ4v) is 2.48. The monoisotopic (exact) mass is 298 g/mol. The molecule has 1 fully saturated rings. The Bertz CT molecular complexity index is 627. The van der Waals surface area contributed by atoms with E-state index in [2.05, 4.69) is 26.5 Å². The van der Waals surface area contributed by atoms with Crippen LogP contribution in [0.4, 0.5) is 5.69 Å². The number of hydrogen-bond acceptors (Lipinski definition) is 5. The normalized spacial score (nSPS) is 14.6. The summed E-state index contributed by atoms with van der Waals surface area (Å²) in [5.41, 5.74) is 2.76. The van der Waals surface area contributed by atoms with Gasteiger partial charge in [0.15, 0.2) is 0 Å². The predicted molar refractivity (Wildman–Crippen MR) is 82.7 cm³/mol. The largest absolute Gasteiger partial charge is 0.378 e. The quantitative estimate of drug-likeness (QED) is 0.920. The minimum absolute atomic E-state index is 0.147. The summed E-state index contributed by atoms with van der Waals surface area (Å²) in [4.78, 5) is 14.4. The lowest BCUT2D eigenvalue weighted by Crippen LogP contribution is -2.37. The Balaban J connectivity index is 1.69. The number of benzene rings is 1. The predicted octanol–water partition coefficient (Wildman–Crippen LogP) is 1.24. The molecule has 1 aliphatic rings. The maximum Gasteiger partial charge on any atom is 0.253 e. The molecule has 0 atom stereocenters. The Hall–Kier alpha value is -2.47. The first-order chi connectivity index (χ1) is 10.8. The van der Waals surface area contributed by atoms with E-state index < -0.39 is 0 Å². The van der Waals surface area contributed by atoms with Crippen LogP contribution in [0.5, 0.6) is 0 Å². The summed E-state index contributed by atoms with van der Waals surface area (Å²) in [6.07, 6.45) is 2.97. The SMILES string of the molecule is O=C(NCc1ccccc1N1CCOCC1)c1ccnnc1. The van der Waals surface area contributed by atoms with E-state index in [0.717, 1.165) is 37.6 Å². The van der Waals surface area contributed by atoms with Crippen molar-refractivity contribution in [2.75, 3.05) is 31.2 Å². The average molecular weight is 298 g/mol. The van der Waals surface area contributed by atoms with Gasteiger partial charge in [-0.15, -0.1) is 0 Å². The first kappa shape index (κ1) is 14.5. The molecule has 1 N–H and O–H groups in total. The second kappa shape index (κ2) is 7.00. The molecule has 1 aliphatic heterocycles. The second-order valence-electron chi connectivity index (χ2n) is 5.04. The van der Waals surface area contributed by atoms with Crippen LogP contribution in [-0.2, 0) is 11.3 Å². The molecule has 0 aliphatic carbocycles. The van der Waals surface area contributed by atoms with E-state index >= 15 is 0 Å². The molecule has 0 spiro atoms. The van der Waals surface area contributed by atoms with Crippen LogP contribution in [-0.4, -0.2) is 42.4 Å². The smallest absolute Gasteiger partial charge is 0.253 e. The van der Waals surface area contributed by atoms with Crippen molar-refractivity contribution in [2.45, 2.75) is 6.54 Å². The van der Waals surface area contributed by atoms with Gasteiger partial charge in [-0.05, 0) is 17.7 Å². The van der Waals surface area contributed by atoms with Crippen LogP contribution in [0.2, 0.25) is 0 Å². The van der Waals surface area contributed by atoms with Crippen LogP contribution >= 0.6 is 0 Å². The van der Waals surface area contributed by atoms with Gasteiger partial charge in [0.25, 0.3) is 5.91 Å². The second-order valence-corrected chi connectivity index (χ2v) is 5.04. The summed E-state index contributed by atoms with van der Waals surface area (Å²) in [6.45, 7) is 3.71. The maximum absolute atomic E-state index is 12.1. The van der Waals surface area contributed by atoms with Crippen LogP contribution in [0, 0.1) is 0 Å². The molecule has 0 saturated carbocycles. The zero-order chi connectivity index (χ0) is 15.2. The third-order valence-corrected chi connectivity index (χ3v) is 3.63. The average Bonchev–Trinajstić information content (AvgIpc) is 2.61. The molecule has 22 heavy (non-hydrogen) atoms. The van der Waals surface area contributed by atoms with Gasteiger partial charge in [-0.1, -0.05) is 18.2 Å². The topological polar surface area (TPSA) is 67.4 Å². The van der Waals surface area contributed by atoms with Gasteiger partial charge in [0, 0.05) is 25.3 Å². The van der Waals surface area contributed by atoms with E-state index in [0.29, 0.717) is 12.1 Å². The summed E-state index contributed by atoms with van der Waals surface area (Å²) in [5.74, 6) is -0.147. The molecule has 1 amide bonds. The van der Waals surface area contributed by atoms with E-state index in [1.54, 1.807) is 6.07 Å². The van der Waals surface area contributed by atoms with Gasteiger partial charge >= 0.3 is 0 Å². The Morgan fingerprint density at radius 1 is 1.18 bits per heavy atom. The summed E-state index contributed by atoms with van der Waals surface area (Å²) in [5, 5.41) is 10.3. The van der Waals surface area contributed by atoms with Crippen molar-refractivity contribution in [3.63, 3.8) is 0 Å². The molecule has 2 heterocycles. The number of para-hydroxylation sites is 1. The van der Waals surface area contributed by atoms with Crippen LogP contribution in [0.25, 0.3) is 0 Å². The Morgan fingerprint density at radius 3 is 2.77 bits per heavy atom. The van der Waals surface area contributed by atoms with Crippen molar-refractivity contribution in [2.24, 2.45) is 0 Å². The summed E-state index contributed by atoms with van der Waals surface area (Å²) in [7, 11) is 0. The minimum Gasteiger partial charge on any atom is -0.378 e. The zero-order valence-electron chi connectivity index (χ0n) is 12.2. The third kappa shape index (κ3) is 3.40. The number of nitrogens with one attached hydrogen (secondary N) is 1. The number of aromatic nitrogens is 2. The molecular weight excluding hydrogens is 280 g/mol. The van der Waals surface area contributed by atoms with Crippen molar-refractivity contribution in [3.05, 3.63) is 53.9 Å². The first-order valence-electron chi connectivity index (χ1n) is 7.30. The lowest BCUT2D eigenvalue weighted by Gasteiger charge is -2.30. The number of amides is 1. The van der Waals surface area contributed by atoms with Crippen molar-refractivity contribution in [1.82, 2.24) is 15.5 Å². The molecule has 1 saturated heterocycles. The molecule has 6 nitrogen and oxygen atoms in total. The van der Waals surface area contributed by atoms with Gasteiger partial charge in [0.05, 0.1) is 31.2 Å². The molecule has 0 unspecified atom stereocenters. The number of carbonyl (C=O) groups excluding carboxylic acids is 1. The zero-order valence-corrected chi connectivity index (χ0v) is 12.2. The summed E-state index contributed by atoms with van der Waals surface area (Å²) < 4.78 is 5.39. The number of rotatable bonds is 4. The standard InChI is InChI=1S/C16H18N4O2/c21-16(14-5-6-18-19-12-14)17-11-13-3-1-2-4-15(13)20-7-9-22-10-8-20/h1-6,12H,7-11H2,(H,17,21). The fourth-order valence-electron chi connectivity index (χ4n) is 2.48. The van der Waals surface area contributed by atoms with Gasteiger partial charge in [-0.2, -0.15) is 10.2 Å². The molecular formula is C16H18N4O2. The summed E-state index contributed by atoms with van der Waals surface area (Å²) >= 11 is 0. The third-order valence-electron chi connectivity index (χ3n) is 3.63. The molecule has 1 aromatic carbocycles. The number of morpholine rings is 1. The number of ether oxygens (including phenoxy) is 1. The Kier molecular flexibility index (Phi) is 4.60. The maximum atomic E-state index is 12.1. The van der Waals surface area contributed by atoms with E-state index in [1.807, 2.05) is 18.2 Å². The Morgan fingerprint density at radius 2 is 2.00 bits per heavy atom. The van der Waals surface area contributed by atoms with Crippen LogP contribution in [0.15, 0.2) is 42.7 Å². The minimum atomic E-state index is -0.147. The summed E-state index contributed by atoms with van der Waals surface area (Å²) in [6, 6.07) is 9.77. The van der Waals surface area contributed by atoms with Crippen molar-refractivity contribution in [3.8, 4) is 0 Å². The Labute approximate surface area is 129 Å². The number of nitrogens with zero attached hydrogens (tertiary/aromatic N) is 3. The van der Waals surface area contributed by atoms with Gasteiger partial charge in [-0.3, -0.25) is 4.79 Å². The molecule has 2 aromatic rings. The molecule has 3 rings (SSSR count). The number of hydrogen-bond donors (Lipinski definition) is 1. The number of carbonyl (C=O) groups is 1. The van der Waals surface area contributed by atoms with Crippen molar-refractivity contribution >= 4 is 11.6 Å². The van der Waals surface area contributed by atoms with Gasteiger partial charge < -0.3 is 15.0 Å². The molecule has 1 aromatic heterocycles. The highest BCUT2D eigenvalue weighted by molar-refractivity contribution is 5.93. The lowest BCUT2D eigenvalue weighted by molar-refractivity contribution is 0.0950. The highest BCUT2D eigenvalue weighted by Crippen LogP contribution is 2.21. The fraction of sp³-hybridized carbons (Fsp3) is 0.312. The molecule has 6 heteroatoms. The van der Waals surface area contributed by atoms with Crippen LogP contribution in [0.3, 0.4) is 0 Å².